The van der Waals surface area contributed by atoms with Gasteiger partial charge in [0.1, 0.15) is 0 Å². The Balaban J connectivity index is 2.05. The molecule has 1 aromatic carbocycles. The molecule has 1 atom stereocenters. The van der Waals surface area contributed by atoms with Gasteiger partial charge in [0, 0.05) is 19.1 Å². The molecule has 1 unspecified atom stereocenters. The number of nitrogens with zero attached hydrogens (tertiary/aromatic N) is 1. The summed E-state index contributed by atoms with van der Waals surface area (Å²) in [6, 6.07) is 7.07. The second-order valence-electron chi connectivity index (χ2n) is 5.07. The Morgan fingerprint density at radius 1 is 1.38 bits per heavy atom. The van der Waals surface area contributed by atoms with Crippen LogP contribution in [0.5, 0.6) is 0 Å². The Labute approximate surface area is 98.4 Å². The van der Waals surface area contributed by atoms with E-state index >= 15 is 0 Å². The maximum absolute atomic E-state index is 6.01. The van der Waals surface area contributed by atoms with Crippen LogP contribution in [0.1, 0.15) is 29.5 Å². The normalized spacial score (nSPS) is 22.3. The molecular weight excluding hydrogens is 196 g/mol. The van der Waals surface area contributed by atoms with Gasteiger partial charge in [0.05, 0.1) is 0 Å². The third-order valence-electron chi connectivity index (χ3n) is 3.44. The predicted octanol–water partition coefficient (Wildman–Crippen LogP) is 2.23. The van der Waals surface area contributed by atoms with E-state index in [-0.39, 0.29) is 0 Å². The zero-order chi connectivity index (χ0) is 11.5. The third-order valence-corrected chi connectivity index (χ3v) is 3.44. The Kier molecular flexibility index (Phi) is 3.62. The van der Waals surface area contributed by atoms with Gasteiger partial charge < -0.3 is 5.73 Å². The number of hydrogen-bond acceptors (Lipinski definition) is 2. The van der Waals surface area contributed by atoms with Gasteiger partial charge in [-0.25, -0.2) is 0 Å². The summed E-state index contributed by atoms with van der Waals surface area (Å²) >= 11 is 0. The summed E-state index contributed by atoms with van der Waals surface area (Å²) < 4.78 is 0. The standard InChI is InChI=1S/C14H22N2/c1-11-5-6-12(2)13(8-11)9-16-7-3-4-14(15)10-16/h5-6,8,14H,3-4,7,9-10,15H2,1-2H3. The predicted molar refractivity (Wildman–Crippen MR) is 68.4 cm³/mol. The number of piperidine rings is 1. The molecule has 0 bridgehead atoms. The van der Waals surface area contributed by atoms with Crippen molar-refractivity contribution < 1.29 is 0 Å². The van der Waals surface area contributed by atoms with Gasteiger partial charge >= 0.3 is 0 Å². The average Bonchev–Trinajstić information content (AvgIpc) is 2.24. The first-order valence-electron chi connectivity index (χ1n) is 6.19. The summed E-state index contributed by atoms with van der Waals surface area (Å²) in [4.78, 5) is 2.48. The highest BCUT2D eigenvalue weighted by atomic mass is 15.1. The summed E-state index contributed by atoms with van der Waals surface area (Å²) in [5.41, 5.74) is 10.2. The number of benzene rings is 1. The van der Waals surface area contributed by atoms with Gasteiger partial charge in [-0.2, -0.15) is 0 Å². The zero-order valence-corrected chi connectivity index (χ0v) is 10.4. The number of likely N-dealkylation sites (tertiary alicyclic amines) is 1. The van der Waals surface area contributed by atoms with E-state index in [1.807, 2.05) is 0 Å². The van der Waals surface area contributed by atoms with Crippen LogP contribution in [0.3, 0.4) is 0 Å². The molecule has 1 heterocycles. The number of nitrogens with two attached hydrogens (primary N) is 1. The van der Waals surface area contributed by atoms with Crippen molar-refractivity contribution in [2.24, 2.45) is 5.73 Å². The molecule has 0 amide bonds. The highest BCUT2D eigenvalue weighted by Crippen LogP contribution is 2.16. The van der Waals surface area contributed by atoms with Gasteiger partial charge in [-0.05, 0) is 44.4 Å². The van der Waals surface area contributed by atoms with Crippen LogP contribution in [-0.2, 0) is 6.54 Å². The topological polar surface area (TPSA) is 29.3 Å². The molecule has 1 saturated heterocycles. The molecule has 88 valence electrons. The highest BCUT2D eigenvalue weighted by Gasteiger charge is 2.16. The third kappa shape index (κ3) is 2.83. The molecule has 2 rings (SSSR count). The number of hydrogen-bond donors (Lipinski definition) is 1. The smallest absolute Gasteiger partial charge is 0.0237 e. The van der Waals surface area contributed by atoms with E-state index in [0.717, 1.165) is 13.1 Å². The second kappa shape index (κ2) is 4.98. The first kappa shape index (κ1) is 11.6. The number of aryl methyl sites for hydroxylation is 2. The Hall–Kier alpha value is -0.860. The van der Waals surface area contributed by atoms with E-state index in [4.69, 9.17) is 5.73 Å². The first-order chi connectivity index (χ1) is 7.65. The van der Waals surface area contributed by atoms with Gasteiger partial charge in [0.25, 0.3) is 0 Å². The summed E-state index contributed by atoms with van der Waals surface area (Å²) in [5.74, 6) is 0. The SMILES string of the molecule is Cc1ccc(C)c(CN2CCCC(N)C2)c1. The second-order valence-corrected chi connectivity index (χ2v) is 5.07. The van der Waals surface area contributed by atoms with E-state index in [0.29, 0.717) is 6.04 Å². The summed E-state index contributed by atoms with van der Waals surface area (Å²) in [6.07, 6.45) is 2.43. The molecule has 0 aliphatic carbocycles. The van der Waals surface area contributed by atoms with Gasteiger partial charge in [-0.1, -0.05) is 23.8 Å². The van der Waals surface area contributed by atoms with Crippen LogP contribution >= 0.6 is 0 Å². The lowest BCUT2D eigenvalue weighted by molar-refractivity contribution is 0.201. The minimum absolute atomic E-state index is 0.374. The van der Waals surface area contributed by atoms with Crippen LogP contribution in [0.15, 0.2) is 18.2 Å². The summed E-state index contributed by atoms with van der Waals surface area (Å²) in [5, 5.41) is 0. The largest absolute Gasteiger partial charge is 0.327 e. The van der Waals surface area contributed by atoms with Gasteiger partial charge in [0.2, 0.25) is 0 Å². The maximum Gasteiger partial charge on any atom is 0.0237 e. The molecule has 1 aliphatic rings. The Bertz CT molecular complexity index is 360. The molecular formula is C14H22N2. The molecule has 1 aliphatic heterocycles. The Morgan fingerprint density at radius 3 is 2.94 bits per heavy atom. The molecule has 0 spiro atoms. The van der Waals surface area contributed by atoms with Crippen molar-refractivity contribution in [1.29, 1.82) is 0 Å². The lowest BCUT2D eigenvalue weighted by Gasteiger charge is -2.31. The molecule has 1 fully saturated rings. The van der Waals surface area contributed by atoms with E-state index in [1.165, 1.54) is 36.1 Å². The minimum atomic E-state index is 0.374. The molecule has 2 N–H and O–H groups in total. The monoisotopic (exact) mass is 218 g/mol. The molecule has 1 aromatic rings. The van der Waals surface area contributed by atoms with Crippen molar-refractivity contribution in [3.63, 3.8) is 0 Å². The van der Waals surface area contributed by atoms with Crippen molar-refractivity contribution in [3.05, 3.63) is 34.9 Å². The molecule has 2 nitrogen and oxygen atoms in total. The van der Waals surface area contributed by atoms with Crippen molar-refractivity contribution in [2.75, 3.05) is 13.1 Å². The van der Waals surface area contributed by atoms with E-state index in [2.05, 4.69) is 36.9 Å². The molecule has 16 heavy (non-hydrogen) atoms. The van der Waals surface area contributed by atoms with Crippen LogP contribution in [0.4, 0.5) is 0 Å². The zero-order valence-electron chi connectivity index (χ0n) is 10.4. The van der Waals surface area contributed by atoms with Crippen molar-refractivity contribution in [2.45, 2.75) is 39.3 Å². The lowest BCUT2D eigenvalue weighted by Crippen LogP contribution is -2.42. The van der Waals surface area contributed by atoms with Crippen LogP contribution in [0.25, 0.3) is 0 Å². The quantitative estimate of drug-likeness (QED) is 0.825. The van der Waals surface area contributed by atoms with Crippen molar-refractivity contribution in [1.82, 2.24) is 4.90 Å². The fraction of sp³-hybridized carbons (Fsp3) is 0.571. The van der Waals surface area contributed by atoms with E-state index < -0.39 is 0 Å². The molecule has 0 saturated carbocycles. The van der Waals surface area contributed by atoms with Gasteiger partial charge in [-0.15, -0.1) is 0 Å². The lowest BCUT2D eigenvalue weighted by atomic mass is 10.0. The Morgan fingerprint density at radius 2 is 2.19 bits per heavy atom. The van der Waals surface area contributed by atoms with E-state index in [1.54, 1.807) is 0 Å². The molecule has 0 aromatic heterocycles. The maximum atomic E-state index is 6.01. The number of rotatable bonds is 2. The van der Waals surface area contributed by atoms with E-state index in [9.17, 15) is 0 Å². The minimum Gasteiger partial charge on any atom is -0.327 e. The first-order valence-corrected chi connectivity index (χ1v) is 6.19. The molecule has 2 heteroatoms. The van der Waals surface area contributed by atoms with Crippen LogP contribution < -0.4 is 5.73 Å². The van der Waals surface area contributed by atoms with Crippen LogP contribution in [-0.4, -0.2) is 24.0 Å². The van der Waals surface area contributed by atoms with Crippen LogP contribution in [0.2, 0.25) is 0 Å². The summed E-state index contributed by atoms with van der Waals surface area (Å²) in [6.45, 7) is 7.65. The average molecular weight is 218 g/mol. The van der Waals surface area contributed by atoms with Gasteiger partial charge in [-0.3, -0.25) is 4.90 Å². The van der Waals surface area contributed by atoms with Crippen molar-refractivity contribution >= 4 is 0 Å². The highest BCUT2D eigenvalue weighted by molar-refractivity contribution is 5.30. The molecule has 0 radical (unpaired) electrons. The van der Waals surface area contributed by atoms with Gasteiger partial charge in [0.15, 0.2) is 0 Å². The van der Waals surface area contributed by atoms with Crippen molar-refractivity contribution in [3.8, 4) is 0 Å². The fourth-order valence-corrected chi connectivity index (χ4v) is 2.45. The fourth-order valence-electron chi connectivity index (χ4n) is 2.45. The van der Waals surface area contributed by atoms with Crippen LogP contribution in [0, 0.1) is 13.8 Å². The summed E-state index contributed by atoms with van der Waals surface area (Å²) in [7, 11) is 0.